The zero-order chi connectivity index (χ0) is 9.98. The predicted octanol–water partition coefficient (Wildman–Crippen LogP) is 0.930. The molecule has 0 saturated carbocycles. The van der Waals surface area contributed by atoms with Crippen LogP contribution in [0.15, 0.2) is 0 Å². The van der Waals surface area contributed by atoms with E-state index in [4.69, 9.17) is 0 Å². The number of carbonyl (C=O) groups is 1. The second kappa shape index (κ2) is 10.2. The molecule has 0 radical (unpaired) electrons. The van der Waals surface area contributed by atoms with E-state index >= 15 is 0 Å². The number of rotatable bonds is 3. The first-order valence-corrected chi connectivity index (χ1v) is 4.16. The van der Waals surface area contributed by atoms with Crippen molar-refractivity contribution in [1.82, 2.24) is 10.2 Å². The van der Waals surface area contributed by atoms with Gasteiger partial charge in [-0.2, -0.15) is 0 Å². The lowest BCUT2D eigenvalue weighted by atomic mass is 10.6. The molecule has 0 aliphatic rings. The lowest BCUT2D eigenvalue weighted by Gasteiger charge is -2.14. The Morgan fingerprint density at radius 3 is 2.33 bits per heavy atom. The first kappa shape index (κ1) is 13.8. The van der Waals surface area contributed by atoms with Crippen molar-refractivity contribution in [3.05, 3.63) is 0 Å². The average molecular weight is 176 g/mol. The van der Waals surface area contributed by atoms with E-state index in [1.807, 2.05) is 20.9 Å². The van der Waals surface area contributed by atoms with Crippen LogP contribution in [0.3, 0.4) is 0 Å². The molecule has 4 nitrogen and oxygen atoms in total. The van der Waals surface area contributed by atoms with Gasteiger partial charge in [-0.05, 0) is 7.05 Å². The second-order valence-corrected chi connectivity index (χ2v) is 2.00. The lowest BCUT2D eigenvalue weighted by molar-refractivity contribution is 0.134. The van der Waals surface area contributed by atoms with Gasteiger partial charge in [0, 0.05) is 20.1 Å². The molecule has 0 fully saturated rings. The van der Waals surface area contributed by atoms with Crippen LogP contribution < -0.4 is 5.32 Å². The van der Waals surface area contributed by atoms with Gasteiger partial charge in [-0.3, -0.25) is 0 Å². The summed E-state index contributed by atoms with van der Waals surface area (Å²) in [6, 6.07) is 0. The molecule has 0 bridgehead atoms. The van der Waals surface area contributed by atoms with Gasteiger partial charge in [-0.25, -0.2) is 4.79 Å². The molecular formula is C8H20N2O2. The Kier molecular flexibility index (Phi) is 11.8. The summed E-state index contributed by atoms with van der Waals surface area (Å²) in [5.41, 5.74) is 0. The van der Waals surface area contributed by atoms with Crippen molar-refractivity contribution >= 4 is 6.09 Å². The molecule has 0 aliphatic carbocycles. The molecule has 0 unspecified atom stereocenters. The van der Waals surface area contributed by atoms with Crippen molar-refractivity contribution in [3.8, 4) is 0 Å². The van der Waals surface area contributed by atoms with E-state index in [1.54, 1.807) is 7.05 Å². The first-order chi connectivity index (χ1) is 5.72. The van der Waals surface area contributed by atoms with E-state index in [-0.39, 0.29) is 6.09 Å². The highest BCUT2D eigenvalue weighted by molar-refractivity contribution is 5.66. The monoisotopic (exact) mass is 176 g/mol. The summed E-state index contributed by atoms with van der Waals surface area (Å²) in [6.45, 7) is 5.45. The van der Waals surface area contributed by atoms with Gasteiger partial charge in [-0.1, -0.05) is 13.8 Å². The van der Waals surface area contributed by atoms with Crippen LogP contribution in [0.25, 0.3) is 0 Å². The maximum Gasteiger partial charge on any atom is 0.409 e. The summed E-state index contributed by atoms with van der Waals surface area (Å²) in [6.07, 6.45) is -0.296. The summed E-state index contributed by atoms with van der Waals surface area (Å²) < 4.78 is 4.47. The van der Waals surface area contributed by atoms with Gasteiger partial charge in [0.1, 0.15) is 0 Å². The third-order valence-electron chi connectivity index (χ3n) is 1.18. The lowest BCUT2D eigenvalue weighted by Crippen LogP contribution is -2.32. The fourth-order valence-electron chi connectivity index (χ4n) is 0.527. The fourth-order valence-corrected chi connectivity index (χ4v) is 0.527. The maximum atomic E-state index is 10.7. The van der Waals surface area contributed by atoms with Crippen LogP contribution in [0, 0.1) is 0 Å². The molecule has 0 aliphatic heterocycles. The van der Waals surface area contributed by atoms with Crippen LogP contribution in [-0.2, 0) is 4.74 Å². The molecular weight excluding hydrogens is 156 g/mol. The van der Waals surface area contributed by atoms with Gasteiger partial charge in [0.05, 0.1) is 7.11 Å². The van der Waals surface area contributed by atoms with E-state index in [0.29, 0.717) is 6.54 Å². The molecule has 0 spiro atoms. The minimum absolute atomic E-state index is 0.296. The Bertz CT molecular complexity index is 107. The number of hydrogen-bond donors (Lipinski definition) is 1. The molecule has 1 N–H and O–H groups in total. The third kappa shape index (κ3) is 7.34. The molecule has 0 heterocycles. The highest BCUT2D eigenvalue weighted by atomic mass is 16.5. The van der Waals surface area contributed by atoms with E-state index in [2.05, 4.69) is 10.1 Å². The largest absolute Gasteiger partial charge is 0.453 e. The van der Waals surface area contributed by atoms with Gasteiger partial charge in [0.25, 0.3) is 0 Å². The van der Waals surface area contributed by atoms with Crippen molar-refractivity contribution in [2.75, 3.05) is 34.3 Å². The summed E-state index contributed by atoms with van der Waals surface area (Å²) in [4.78, 5) is 12.2. The predicted molar refractivity (Wildman–Crippen MR) is 50.3 cm³/mol. The van der Waals surface area contributed by atoms with E-state index in [9.17, 15) is 4.79 Å². The van der Waals surface area contributed by atoms with Gasteiger partial charge >= 0.3 is 6.09 Å². The second-order valence-electron chi connectivity index (χ2n) is 2.00. The topological polar surface area (TPSA) is 41.6 Å². The summed E-state index contributed by atoms with van der Waals surface area (Å²) in [5, 5.41) is 2.93. The fraction of sp³-hybridized carbons (Fsp3) is 0.875. The average Bonchev–Trinajstić information content (AvgIpc) is 2.16. The maximum absolute atomic E-state index is 10.7. The number of carbonyl (C=O) groups excluding carboxylic acids is 1. The summed E-state index contributed by atoms with van der Waals surface area (Å²) in [5.74, 6) is 0. The van der Waals surface area contributed by atoms with Crippen molar-refractivity contribution in [1.29, 1.82) is 0 Å². The number of ether oxygens (including phenoxy) is 1. The molecule has 0 atom stereocenters. The van der Waals surface area contributed by atoms with E-state index < -0.39 is 0 Å². The van der Waals surface area contributed by atoms with Gasteiger partial charge in [0.2, 0.25) is 0 Å². The quantitative estimate of drug-likeness (QED) is 0.695. The molecule has 1 amide bonds. The van der Waals surface area contributed by atoms with Crippen LogP contribution in [-0.4, -0.2) is 45.3 Å². The molecule has 0 rings (SSSR count). The number of amides is 1. The summed E-state index contributed by atoms with van der Waals surface area (Å²) >= 11 is 0. The molecule has 0 aromatic heterocycles. The number of likely N-dealkylation sites (N-methyl/N-ethyl adjacent to an activating group) is 2. The van der Waals surface area contributed by atoms with Crippen molar-refractivity contribution < 1.29 is 9.53 Å². The van der Waals surface area contributed by atoms with Crippen LogP contribution in [0.4, 0.5) is 4.79 Å². The molecule has 74 valence electrons. The van der Waals surface area contributed by atoms with E-state index in [0.717, 1.165) is 6.54 Å². The normalized spacial score (nSPS) is 8.08. The Hall–Kier alpha value is -0.770. The molecule has 12 heavy (non-hydrogen) atoms. The Morgan fingerprint density at radius 2 is 2.00 bits per heavy atom. The Labute approximate surface area is 74.9 Å². The Balaban J connectivity index is 0. The van der Waals surface area contributed by atoms with Crippen LogP contribution in [0.5, 0.6) is 0 Å². The van der Waals surface area contributed by atoms with Crippen molar-refractivity contribution in [2.45, 2.75) is 13.8 Å². The smallest absolute Gasteiger partial charge is 0.409 e. The van der Waals surface area contributed by atoms with Crippen LogP contribution in [0.2, 0.25) is 0 Å². The van der Waals surface area contributed by atoms with Crippen molar-refractivity contribution in [2.24, 2.45) is 0 Å². The zero-order valence-corrected chi connectivity index (χ0v) is 8.68. The molecule has 0 aromatic carbocycles. The highest BCUT2D eigenvalue weighted by Gasteiger charge is 2.04. The number of methoxy groups -OCH3 is 1. The summed E-state index contributed by atoms with van der Waals surface area (Å²) in [7, 11) is 4.91. The first-order valence-electron chi connectivity index (χ1n) is 4.16. The van der Waals surface area contributed by atoms with Crippen LogP contribution >= 0.6 is 0 Å². The SMILES string of the molecule is CC.CNCCN(C)C(=O)OC. The number of hydrogen-bond acceptors (Lipinski definition) is 3. The third-order valence-corrected chi connectivity index (χ3v) is 1.18. The van der Waals surface area contributed by atoms with Crippen molar-refractivity contribution in [3.63, 3.8) is 0 Å². The minimum Gasteiger partial charge on any atom is -0.453 e. The highest BCUT2D eigenvalue weighted by Crippen LogP contribution is 1.85. The Morgan fingerprint density at radius 1 is 1.50 bits per heavy atom. The molecule has 0 saturated heterocycles. The number of nitrogens with one attached hydrogen (secondary N) is 1. The van der Waals surface area contributed by atoms with Gasteiger partial charge < -0.3 is 15.0 Å². The van der Waals surface area contributed by atoms with E-state index in [1.165, 1.54) is 12.0 Å². The molecule has 0 aromatic rings. The van der Waals surface area contributed by atoms with Gasteiger partial charge in [0.15, 0.2) is 0 Å². The van der Waals surface area contributed by atoms with Crippen LogP contribution in [0.1, 0.15) is 13.8 Å². The number of nitrogens with zero attached hydrogens (tertiary/aromatic N) is 1. The molecule has 4 heteroatoms. The zero-order valence-electron chi connectivity index (χ0n) is 8.68. The minimum atomic E-state index is -0.296. The standard InChI is InChI=1S/C6H14N2O2.C2H6/c1-7-4-5-8(2)6(9)10-3;1-2/h7H,4-5H2,1-3H3;1-2H3. The van der Waals surface area contributed by atoms with Gasteiger partial charge in [-0.15, -0.1) is 0 Å².